The van der Waals surface area contributed by atoms with Crippen molar-refractivity contribution in [2.24, 2.45) is 0 Å². The van der Waals surface area contributed by atoms with E-state index in [2.05, 4.69) is 45.6 Å². The van der Waals surface area contributed by atoms with Crippen LogP contribution in [0.2, 0.25) is 0 Å². The number of alkyl halides is 1. The summed E-state index contributed by atoms with van der Waals surface area (Å²) in [7, 11) is 0. The van der Waals surface area contributed by atoms with Crippen LogP contribution in [0.1, 0.15) is 16.5 Å². The van der Waals surface area contributed by atoms with Crippen LogP contribution in [-0.2, 0) is 6.42 Å². The smallest absolute Gasteiger partial charge is 0.123 e. The van der Waals surface area contributed by atoms with Gasteiger partial charge in [0, 0.05) is 15.6 Å². The number of para-hydroxylation sites is 1. The SMILES string of the molecule is ClC(c1csc2c(Br)cccc12)C1Cc2ccccc2O1. The van der Waals surface area contributed by atoms with Gasteiger partial charge in [-0.15, -0.1) is 22.9 Å². The van der Waals surface area contributed by atoms with Crippen molar-refractivity contribution in [3.05, 3.63) is 63.4 Å². The molecule has 0 saturated heterocycles. The van der Waals surface area contributed by atoms with Crippen molar-refractivity contribution in [3.63, 3.8) is 0 Å². The first-order chi connectivity index (χ1) is 10.2. The minimum atomic E-state index is -0.138. The van der Waals surface area contributed by atoms with Gasteiger partial charge in [-0.3, -0.25) is 0 Å². The molecule has 0 aliphatic carbocycles. The van der Waals surface area contributed by atoms with E-state index >= 15 is 0 Å². The molecule has 1 aliphatic heterocycles. The molecule has 2 heterocycles. The predicted molar refractivity (Wildman–Crippen MR) is 92.7 cm³/mol. The summed E-state index contributed by atoms with van der Waals surface area (Å²) in [5, 5.41) is 3.23. The first-order valence-corrected chi connectivity index (χ1v) is 8.89. The van der Waals surface area contributed by atoms with E-state index in [1.54, 1.807) is 11.3 Å². The van der Waals surface area contributed by atoms with E-state index in [1.165, 1.54) is 15.6 Å². The van der Waals surface area contributed by atoms with E-state index in [0.717, 1.165) is 22.2 Å². The second-order valence-corrected chi connectivity index (χ2v) is 7.38. The maximum atomic E-state index is 6.74. The van der Waals surface area contributed by atoms with Gasteiger partial charge in [-0.05, 0) is 50.0 Å². The third kappa shape index (κ3) is 2.28. The largest absolute Gasteiger partial charge is 0.488 e. The van der Waals surface area contributed by atoms with Gasteiger partial charge in [-0.1, -0.05) is 30.3 Å². The molecule has 106 valence electrons. The van der Waals surface area contributed by atoms with Crippen LogP contribution < -0.4 is 4.74 Å². The highest BCUT2D eigenvalue weighted by molar-refractivity contribution is 9.10. The van der Waals surface area contributed by atoms with Crippen LogP contribution in [-0.4, -0.2) is 6.10 Å². The fourth-order valence-corrected chi connectivity index (χ4v) is 4.88. The molecule has 0 spiro atoms. The number of thiophene rings is 1. The molecular weight excluding hydrogens is 368 g/mol. The predicted octanol–water partition coefficient (Wildman–Crippen LogP) is 5.95. The van der Waals surface area contributed by atoms with E-state index in [9.17, 15) is 0 Å². The van der Waals surface area contributed by atoms with Gasteiger partial charge in [0.1, 0.15) is 11.9 Å². The molecule has 0 bridgehead atoms. The molecule has 1 nitrogen and oxygen atoms in total. The molecular formula is C17H12BrClOS. The zero-order valence-corrected chi connectivity index (χ0v) is 14.2. The molecule has 0 amide bonds. The minimum Gasteiger partial charge on any atom is -0.488 e. The number of halogens is 2. The Morgan fingerprint density at radius 1 is 1.19 bits per heavy atom. The summed E-state index contributed by atoms with van der Waals surface area (Å²) in [5.41, 5.74) is 2.41. The maximum Gasteiger partial charge on any atom is 0.123 e. The molecule has 2 unspecified atom stereocenters. The van der Waals surface area contributed by atoms with Gasteiger partial charge in [-0.2, -0.15) is 0 Å². The van der Waals surface area contributed by atoms with Crippen LogP contribution in [0.15, 0.2) is 52.3 Å². The Morgan fingerprint density at radius 2 is 2.05 bits per heavy atom. The molecule has 21 heavy (non-hydrogen) atoms. The zero-order chi connectivity index (χ0) is 14.4. The molecule has 1 aliphatic rings. The Morgan fingerprint density at radius 3 is 2.90 bits per heavy atom. The van der Waals surface area contributed by atoms with Gasteiger partial charge < -0.3 is 4.74 Å². The number of benzene rings is 2. The highest BCUT2D eigenvalue weighted by atomic mass is 79.9. The molecule has 0 fully saturated rings. The monoisotopic (exact) mass is 378 g/mol. The van der Waals surface area contributed by atoms with Crippen molar-refractivity contribution >= 4 is 49.0 Å². The van der Waals surface area contributed by atoms with Crippen LogP contribution in [0, 0.1) is 0 Å². The van der Waals surface area contributed by atoms with Crippen molar-refractivity contribution < 1.29 is 4.74 Å². The highest BCUT2D eigenvalue weighted by Crippen LogP contribution is 2.42. The summed E-state index contributed by atoms with van der Waals surface area (Å²) in [4.78, 5) is 0. The molecule has 0 N–H and O–H groups in total. The Bertz CT molecular complexity index is 788. The normalized spacial score (nSPS) is 18.5. The standard InChI is InChI=1S/C17H12BrClOS/c18-13-6-3-5-11-12(9-21-17(11)13)16(19)15-8-10-4-1-2-7-14(10)20-15/h1-7,9,15-16H,8H2. The third-order valence-electron chi connectivity index (χ3n) is 3.88. The average Bonchev–Trinajstić information content (AvgIpc) is 3.11. The van der Waals surface area contributed by atoms with Crippen molar-refractivity contribution in [2.45, 2.75) is 17.9 Å². The Balaban J connectivity index is 1.69. The van der Waals surface area contributed by atoms with Gasteiger partial charge in [0.2, 0.25) is 0 Å². The highest BCUT2D eigenvalue weighted by Gasteiger charge is 2.31. The number of hydrogen-bond acceptors (Lipinski definition) is 2. The molecule has 4 heteroatoms. The second kappa shape index (κ2) is 5.31. The van der Waals surface area contributed by atoms with Gasteiger partial charge in [-0.25, -0.2) is 0 Å². The first-order valence-electron chi connectivity index (χ1n) is 6.78. The summed E-state index contributed by atoms with van der Waals surface area (Å²) >= 11 is 12.1. The Hall–Kier alpha value is -1.03. The molecule has 2 atom stereocenters. The number of fused-ring (bicyclic) bond motifs is 2. The third-order valence-corrected chi connectivity index (χ3v) is 6.36. The second-order valence-electron chi connectivity index (χ2n) is 5.18. The average molecular weight is 380 g/mol. The van der Waals surface area contributed by atoms with Crippen molar-refractivity contribution in [2.75, 3.05) is 0 Å². The van der Waals surface area contributed by atoms with Crippen molar-refractivity contribution in [1.82, 2.24) is 0 Å². The quantitative estimate of drug-likeness (QED) is 0.500. The lowest BCUT2D eigenvalue weighted by atomic mass is 10.0. The lowest BCUT2D eigenvalue weighted by Gasteiger charge is -2.17. The maximum absolute atomic E-state index is 6.74. The summed E-state index contributed by atoms with van der Waals surface area (Å²) in [6, 6.07) is 14.4. The topological polar surface area (TPSA) is 9.23 Å². The Kier molecular flexibility index (Phi) is 3.44. The van der Waals surface area contributed by atoms with Gasteiger partial charge in [0.25, 0.3) is 0 Å². The van der Waals surface area contributed by atoms with Crippen LogP contribution in [0.5, 0.6) is 5.75 Å². The first kappa shape index (κ1) is 13.6. The van der Waals surface area contributed by atoms with Crippen LogP contribution in [0.3, 0.4) is 0 Å². The van der Waals surface area contributed by atoms with Crippen LogP contribution in [0.25, 0.3) is 10.1 Å². The molecule has 3 aromatic rings. The molecule has 4 rings (SSSR count). The van der Waals surface area contributed by atoms with Crippen molar-refractivity contribution in [1.29, 1.82) is 0 Å². The lowest BCUT2D eigenvalue weighted by Crippen LogP contribution is -2.19. The molecule has 0 saturated carbocycles. The summed E-state index contributed by atoms with van der Waals surface area (Å²) in [6.07, 6.45) is 0.872. The van der Waals surface area contributed by atoms with E-state index in [1.807, 2.05) is 18.2 Å². The Labute approximate surface area is 140 Å². The molecule has 2 aromatic carbocycles. The van der Waals surface area contributed by atoms with E-state index in [-0.39, 0.29) is 11.5 Å². The minimum absolute atomic E-state index is 0.000785. The van der Waals surface area contributed by atoms with Crippen molar-refractivity contribution in [3.8, 4) is 5.75 Å². The lowest BCUT2D eigenvalue weighted by molar-refractivity contribution is 0.228. The fraction of sp³-hybridized carbons (Fsp3) is 0.176. The number of ether oxygens (including phenoxy) is 1. The number of rotatable bonds is 2. The van der Waals surface area contributed by atoms with E-state index in [0.29, 0.717) is 0 Å². The van der Waals surface area contributed by atoms with Crippen LogP contribution >= 0.6 is 38.9 Å². The zero-order valence-electron chi connectivity index (χ0n) is 11.1. The van der Waals surface area contributed by atoms with Gasteiger partial charge in [0.15, 0.2) is 0 Å². The number of hydrogen-bond donors (Lipinski definition) is 0. The fourth-order valence-electron chi connectivity index (χ4n) is 2.83. The molecule has 0 radical (unpaired) electrons. The summed E-state index contributed by atoms with van der Waals surface area (Å²) in [5.74, 6) is 0.967. The van der Waals surface area contributed by atoms with Crippen LogP contribution in [0.4, 0.5) is 0 Å². The molecule has 1 aromatic heterocycles. The van der Waals surface area contributed by atoms with Gasteiger partial charge in [0.05, 0.1) is 5.38 Å². The summed E-state index contributed by atoms with van der Waals surface area (Å²) in [6.45, 7) is 0. The van der Waals surface area contributed by atoms with E-state index in [4.69, 9.17) is 16.3 Å². The summed E-state index contributed by atoms with van der Waals surface area (Å²) < 4.78 is 8.40. The van der Waals surface area contributed by atoms with E-state index < -0.39 is 0 Å². The van der Waals surface area contributed by atoms with Gasteiger partial charge >= 0.3 is 0 Å².